The maximum absolute atomic E-state index is 5.93. The molecule has 0 bridgehead atoms. The predicted molar refractivity (Wildman–Crippen MR) is 75.5 cm³/mol. The van der Waals surface area contributed by atoms with E-state index >= 15 is 0 Å². The van der Waals surface area contributed by atoms with Crippen molar-refractivity contribution in [1.82, 2.24) is 9.88 Å². The Kier molecular flexibility index (Phi) is 2.60. The van der Waals surface area contributed by atoms with E-state index in [0.29, 0.717) is 5.41 Å². The Morgan fingerprint density at radius 3 is 3.05 bits per heavy atom. The van der Waals surface area contributed by atoms with Gasteiger partial charge in [0, 0.05) is 36.1 Å². The number of rotatable bonds is 2. The summed E-state index contributed by atoms with van der Waals surface area (Å²) in [6.07, 6.45) is 3.13. The number of ether oxygens (including phenoxy) is 1. The second kappa shape index (κ2) is 4.32. The topological polar surface area (TPSA) is 25.4 Å². The van der Waals surface area contributed by atoms with Crippen LogP contribution in [0.15, 0.2) is 36.0 Å². The SMILES string of the molecule is c1ccc2c(c1)CC1(CO2)CN(Cc2cncs2)C1. The second-order valence-electron chi connectivity index (χ2n) is 5.69. The fraction of sp³-hybridized carbons (Fsp3) is 0.400. The predicted octanol–water partition coefficient (Wildman–Crippen LogP) is 2.58. The highest BCUT2D eigenvalue weighted by Gasteiger charge is 2.45. The Hall–Kier alpha value is -1.39. The van der Waals surface area contributed by atoms with Crippen molar-refractivity contribution >= 4 is 11.3 Å². The Bertz CT molecular complexity index is 576. The zero-order chi connectivity index (χ0) is 12.7. The zero-order valence-corrected chi connectivity index (χ0v) is 11.5. The van der Waals surface area contributed by atoms with Gasteiger partial charge in [0.15, 0.2) is 0 Å². The summed E-state index contributed by atoms with van der Waals surface area (Å²) in [7, 11) is 0. The molecule has 0 amide bonds. The molecule has 0 radical (unpaired) electrons. The highest BCUT2D eigenvalue weighted by atomic mass is 32.1. The number of benzene rings is 1. The minimum atomic E-state index is 0.346. The van der Waals surface area contributed by atoms with Gasteiger partial charge in [-0.05, 0) is 18.1 Å². The first-order valence-corrected chi connectivity index (χ1v) is 7.51. The molecule has 4 rings (SSSR count). The minimum absolute atomic E-state index is 0.346. The van der Waals surface area contributed by atoms with Gasteiger partial charge < -0.3 is 4.74 Å². The maximum atomic E-state index is 5.93. The van der Waals surface area contributed by atoms with Crippen LogP contribution in [0.2, 0.25) is 0 Å². The lowest BCUT2D eigenvalue weighted by Crippen LogP contribution is -2.60. The van der Waals surface area contributed by atoms with Crippen LogP contribution in [0.25, 0.3) is 0 Å². The van der Waals surface area contributed by atoms with Crippen molar-refractivity contribution in [2.24, 2.45) is 5.41 Å². The number of hydrogen-bond acceptors (Lipinski definition) is 4. The number of para-hydroxylation sites is 1. The van der Waals surface area contributed by atoms with Crippen LogP contribution in [-0.4, -0.2) is 29.6 Å². The number of fused-ring (bicyclic) bond motifs is 1. The summed E-state index contributed by atoms with van der Waals surface area (Å²) in [6.45, 7) is 4.18. The average Bonchev–Trinajstić information content (AvgIpc) is 2.90. The van der Waals surface area contributed by atoms with Gasteiger partial charge in [-0.15, -0.1) is 11.3 Å². The van der Waals surface area contributed by atoms with Gasteiger partial charge in [-0.1, -0.05) is 18.2 Å². The largest absolute Gasteiger partial charge is 0.493 e. The van der Waals surface area contributed by atoms with Crippen LogP contribution in [0.3, 0.4) is 0 Å². The van der Waals surface area contributed by atoms with E-state index in [1.807, 2.05) is 17.8 Å². The van der Waals surface area contributed by atoms with Crippen molar-refractivity contribution in [3.05, 3.63) is 46.4 Å². The molecular weight excluding hydrogens is 256 g/mol. The minimum Gasteiger partial charge on any atom is -0.493 e. The fourth-order valence-electron chi connectivity index (χ4n) is 3.23. The molecule has 1 fully saturated rings. The molecule has 0 saturated carbocycles. The van der Waals surface area contributed by atoms with E-state index in [-0.39, 0.29) is 0 Å². The molecule has 4 heteroatoms. The molecule has 2 aromatic rings. The Balaban J connectivity index is 1.43. The summed E-state index contributed by atoms with van der Waals surface area (Å²) >= 11 is 1.74. The molecule has 0 N–H and O–H groups in total. The molecule has 1 aromatic heterocycles. The molecule has 2 aliphatic heterocycles. The van der Waals surface area contributed by atoms with Gasteiger partial charge in [-0.25, -0.2) is 0 Å². The molecule has 1 spiro atoms. The van der Waals surface area contributed by atoms with Crippen molar-refractivity contribution < 1.29 is 4.74 Å². The summed E-state index contributed by atoms with van der Waals surface area (Å²) < 4.78 is 5.93. The van der Waals surface area contributed by atoms with Crippen LogP contribution in [0, 0.1) is 5.41 Å². The standard InChI is InChI=1S/C15H16N2OS/c1-2-4-14-12(3-1)5-15(10-18-14)8-17(9-15)7-13-6-16-11-19-13/h1-4,6,11H,5,7-10H2. The van der Waals surface area contributed by atoms with Crippen LogP contribution in [0.5, 0.6) is 5.75 Å². The average molecular weight is 272 g/mol. The van der Waals surface area contributed by atoms with Crippen LogP contribution < -0.4 is 4.74 Å². The van der Waals surface area contributed by atoms with E-state index in [1.54, 1.807) is 11.3 Å². The number of thiazole rings is 1. The summed E-state index contributed by atoms with van der Waals surface area (Å²) in [4.78, 5) is 7.98. The molecule has 0 atom stereocenters. The van der Waals surface area contributed by atoms with Gasteiger partial charge in [0.05, 0.1) is 12.1 Å². The summed E-state index contributed by atoms with van der Waals surface area (Å²) in [6, 6.07) is 8.43. The molecule has 3 heterocycles. The van der Waals surface area contributed by atoms with E-state index in [0.717, 1.165) is 38.4 Å². The molecule has 1 saturated heterocycles. The van der Waals surface area contributed by atoms with Gasteiger partial charge in [-0.3, -0.25) is 9.88 Å². The van der Waals surface area contributed by atoms with E-state index in [9.17, 15) is 0 Å². The van der Waals surface area contributed by atoms with Gasteiger partial charge in [0.2, 0.25) is 0 Å². The molecule has 98 valence electrons. The number of hydrogen-bond donors (Lipinski definition) is 0. The Morgan fingerprint density at radius 2 is 2.21 bits per heavy atom. The van der Waals surface area contributed by atoms with Gasteiger partial charge >= 0.3 is 0 Å². The third-order valence-corrected chi connectivity index (χ3v) is 4.82. The quantitative estimate of drug-likeness (QED) is 0.840. The van der Waals surface area contributed by atoms with Crippen molar-refractivity contribution in [1.29, 1.82) is 0 Å². The van der Waals surface area contributed by atoms with E-state index < -0.39 is 0 Å². The summed E-state index contributed by atoms with van der Waals surface area (Å²) in [5.74, 6) is 1.08. The van der Waals surface area contributed by atoms with Crippen LogP contribution in [0.1, 0.15) is 10.4 Å². The van der Waals surface area contributed by atoms with Gasteiger partial charge in [0.1, 0.15) is 5.75 Å². The van der Waals surface area contributed by atoms with Crippen LogP contribution >= 0.6 is 11.3 Å². The molecule has 1 aromatic carbocycles. The third kappa shape index (κ3) is 2.05. The molecule has 0 aliphatic carbocycles. The monoisotopic (exact) mass is 272 g/mol. The smallest absolute Gasteiger partial charge is 0.122 e. The molecule has 19 heavy (non-hydrogen) atoms. The molecule has 2 aliphatic rings. The van der Waals surface area contributed by atoms with Crippen LogP contribution in [0.4, 0.5) is 0 Å². The molecule has 3 nitrogen and oxygen atoms in total. The van der Waals surface area contributed by atoms with Crippen molar-refractivity contribution in [2.75, 3.05) is 19.7 Å². The number of aromatic nitrogens is 1. The van der Waals surface area contributed by atoms with E-state index in [2.05, 4.69) is 28.1 Å². The first-order chi connectivity index (χ1) is 9.33. The maximum Gasteiger partial charge on any atom is 0.122 e. The van der Waals surface area contributed by atoms with Crippen LogP contribution in [-0.2, 0) is 13.0 Å². The zero-order valence-electron chi connectivity index (χ0n) is 10.7. The third-order valence-electron chi connectivity index (χ3n) is 4.05. The van der Waals surface area contributed by atoms with Gasteiger partial charge in [0.25, 0.3) is 0 Å². The first-order valence-electron chi connectivity index (χ1n) is 6.64. The Morgan fingerprint density at radius 1 is 1.32 bits per heavy atom. The normalized spacial score (nSPS) is 20.6. The Labute approximate surface area is 116 Å². The lowest BCUT2D eigenvalue weighted by molar-refractivity contribution is -0.0473. The first kappa shape index (κ1) is 11.4. The molecule has 0 unspecified atom stereocenters. The van der Waals surface area contributed by atoms with Gasteiger partial charge in [-0.2, -0.15) is 0 Å². The van der Waals surface area contributed by atoms with Crippen molar-refractivity contribution in [2.45, 2.75) is 13.0 Å². The molecular formula is C15H16N2OS. The lowest BCUT2D eigenvalue weighted by atomic mass is 9.74. The lowest BCUT2D eigenvalue weighted by Gasteiger charge is -2.51. The second-order valence-corrected chi connectivity index (χ2v) is 6.66. The fourth-order valence-corrected chi connectivity index (χ4v) is 3.87. The highest BCUT2D eigenvalue weighted by Crippen LogP contribution is 2.41. The summed E-state index contributed by atoms with van der Waals surface area (Å²) in [5, 5.41) is 0. The summed E-state index contributed by atoms with van der Waals surface area (Å²) in [5.41, 5.74) is 3.62. The van der Waals surface area contributed by atoms with Crippen molar-refractivity contribution in [3.8, 4) is 5.75 Å². The highest BCUT2D eigenvalue weighted by molar-refractivity contribution is 7.09. The van der Waals surface area contributed by atoms with E-state index in [1.165, 1.54) is 10.4 Å². The number of likely N-dealkylation sites (tertiary alicyclic amines) is 1. The number of nitrogens with zero attached hydrogens (tertiary/aromatic N) is 2. The van der Waals surface area contributed by atoms with E-state index in [4.69, 9.17) is 4.74 Å². The van der Waals surface area contributed by atoms with Crippen molar-refractivity contribution in [3.63, 3.8) is 0 Å².